The lowest BCUT2D eigenvalue weighted by molar-refractivity contribution is -0.116. The summed E-state index contributed by atoms with van der Waals surface area (Å²) in [5.41, 5.74) is 2.07. The number of halogens is 1. The van der Waals surface area contributed by atoms with Crippen LogP contribution in [0.2, 0.25) is 0 Å². The highest BCUT2D eigenvalue weighted by atomic mass is 79.9. The quantitative estimate of drug-likeness (QED) is 0.421. The molecule has 0 aromatic heterocycles. The van der Waals surface area contributed by atoms with E-state index in [0.29, 0.717) is 17.1 Å². The van der Waals surface area contributed by atoms with Crippen LogP contribution in [-0.4, -0.2) is 35.0 Å². The van der Waals surface area contributed by atoms with Gasteiger partial charge in [0.15, 0.2) is 0 Å². The third-order valence-electron chi connectivity index (χ3n) is 4.91. The number of amides is 1. The molecule has 0 aliphatic rings. The van der Waals surface area contributed by atoms with Crippen molar-refractivity contribution in [3.8, 4) is 0 Å². The molecule has 180 valence electrons. The third kappa shape index (κ3) is 6.37. The van der Waals surface area contributed by atoms with Gasteiger partial charge in [-0.15, -0.1) is 0 Å². The van der Waals surface area contributed by atoms with E-state index in [-0.39, 0.29) is 4.90 Å². The molecule has 3 rings (SSSR count). The van der Waals surface area contributed by atoms with Crippen molar-refractivity contribution >= 4 is 58.9 Å². The molecule has 0 radical (unpaired) electrons. The van der Waals surface area contributed by atoms with Crippen LogP contribution in [0.1, 0.15) is 12.5 Å². The minimum absolute atomic E-state index is 0.0129. The smallest absolute Gasteiger partial charge is 0.261 e. The minimum Gasteiger partial charge on any atom is -0.324 e. The summed E-state index contributed by atoms with van der Waals surface area (Å²) in [5.74, 6) is -0.561. The molecule has 0 saturated heterocycles. The average Bonchev–Trinajstić information content (AvgIpc) is 2.76. The van der Waals surface area contributed by atoms with Crippen molar-refractivity contribution < 1.29 is 21.6 Å². The highest BCUT2D eigenvalue weighted by Crippen LogP contribution is 2.23. The van der Waals surface area contributed by atoms with Crippen molar-refractivity contribution in [3.63, 3.8) is 0 Å². The predicted octanol–water partition coefficient (Wildman–Crippen LogP) is 4.35. The van der Waals surface area contributed by atoms with Gasteiger partial charge in [-0.25, -0.2) is 16.8 Å². The van der Waals surface area contributed by atoms with Gasteiger partial charge in [-0.05, 0) is 74.5 Å². The number of rotatable bonds is 8. The molecule has 1 atom stereocenters. The molecule has 8 nitrogen and oxygen atoms in total. The summed E-state index contributed by atoms with van der Waals surface area (Å²) in [6.07, 6.45) is 1.04. The molecule has 34 heavy (non-hydrogen) atoms. The van der Waals surface area contributed by atoms with Gasteiger partial charge in [-0.1, -0.05) is 33.6 Å². The molecule has 3 aromatic rings. The zero-order chi connectivity index (χ0) is 25.1. The summed E-state index contributed by atoms with van der Waals surface area (Å²) in [5, 5.41) is 2.64. The fraction of sp³-hybridized carbons (Fsp3) is 0.174. The van der Waals surface area contributed by atoms with Crippen LogP contribution in [0.3, 0.4) is 0 Å². The Labute approximate surface area is 208 Å². The van der Waals surface area contributed by atoms with E-state index in [9.17, 15) is 21.6 Å². The number of hydrogen-bond donors (Lipinski definition) is 2. The van der Waals surface area contributed by atoms with Crippen molar-refractivity contribution in [1.29, 1.82) is 0 Å². The fourth-order valence-corrected chi connectivity index (χ4v) is 5.69. The molecule has 0 aliphatic carbocycles. The molecular formula is C23H24BrN3O5S2. The molecule has 0 aliphatic heterocycles. The summed E-state index contributed by atoms with van der Waals surface area (Å²) in [6, 6.07) is 18.0. The van der Waals surface area contributed by atoms with Gasteiger partial charge in [-0.3, -0.25) is 13.8 Å². The van der Waals surface area contributed by atoms with Crippen LogP contribution < -0.4 is 14.3 Å². The highest BCUT2D eigenvalue weighted by Gasteiger charge is 2.29. The van der Waals surface area contributed by atoms with Crippen molar-refractivity contribution in [2.45, 2.75) is 24.8 Å². The number of sulfonamides is 2. The second-order valence-corrected chi connectivity index (χ2v) is 12.2. The van der Waals surface area contributed by atoms with E-state index >= 15 is 0 Å². The fourth-order valence-electron chi connectivity index (χ4n) is 3.20. The number of carbonyl (C=O) groups is 1. The first-order valence-electron chi connectivity index (χ1n) is 10.1. The monoisotopic (exact) mass is 565 g/mol. The molecule has 0 bridgehead atoms. The first-order valence-corrected chi connectivity index (χ1v) is 14.2. The van der Waals surface area contributed by atoms with E-state index in [1.54, 1.807) is 48.5 Å². The summed E-state index contributed by atoms with van der Waals surface area (Å²) >= 11 is 3.30. The Hall–Kier alpha value is -2.89. The lowest BCUT2D eigenvalue weighted by Gasteiger charge is -2.28. The van der Waals surface area contributed by atoms with Gasteiger partial charge in [0.2, 0.25) is 15.9 Å². The van der Waals surface area contributed by atoms with Crippen LogP contribution in [0, 0.1) is 6.92 Å². The number of carbonyl (C=O) groups excluding carboxylic acids is 1. The van der Waals surface area contributed by atoms with E-state index in [0.717, 1.165) is 20.6 Å². The van der Waals surface area contributed by atoms with Gasteiger partial charge in [0, 0.05) is 15.8 Å². The Morgan fingerprint density at radius 2 is 1.38 bits per heavy atom. The Kier molecular flexibility index (Phi) is 7.69. The van der Waals surface area contributed by atoms with Crippen LogP contribution in [0.5, 0.6) is 0 Å². The van der Waals surface area contributed by atoms with Gasteiger partial charge in [-0.2, -0.15) is 0 Å². The maximum absolute atomic E-state index is 12.8. The summed E-state index contributed by atoms with van der Waals surface area (Å²) in [6.45, 7) is 3.36. The Bertz CT molecular complexity index is 1370. The normalized spacial score (nSPS) is 12.6. The van der Waals surface area contributed by atoms with Gasteiger partial charge in [0.1, 0.15) is 6.04 Å². The lowest BCUT2D eigenvalue weighted by atomic mass is 10.2. The molecule has 0 saturated carbocycles. The van der Waals surface area contributed by atoms with E-state index in [2.05, 4.69) is 26.0 Å². The average molecular weight is 566 g/mol. The van der Waals surface area contributed by atoms with Gasteiger partial charge < -0.3 is 5.32 Å². The number of nitrogens with one attached hydrogen (secondary N) is 2. The second kappa shape index (κ2) is 10.2. The van der Waals surface area contributed by atoms with Gasteiger partial charge >= 0.3 is 0 Å². The summed E-state index contributed by atoms with van der Waals surface area (Å²) in [4.78, 5) is 12.9. The van der Waals surface area contributed by atoms with Crippen LogP contribution in [0.4, 0.5) is 17.1 Å². The van der Waals surface area contributed by atoms with Crippen LogP contribution in [0.15, 0.2) is 82.2 Å². The zero-order valence-corrected chi connectivity index (χ0v) is 21.9. The number of hydrogen-bond acceptors (Lipinski definition) is 5. The third-order valence-corrected chi connectivity index (χ3v) is 8.07. The Morgan fingerprint density at radius 1 is 0.853 bits per heavy atom. The molecular weight excluding hydrogens is 542 g/mol. The molecule has 2 N–H and O–H groups in total. The molecule has 0 unspecified atom stereocenters. The maximum atomic E-state index is 12.8. The Morgan fingerprint density at radius 3 is 1.91 bits per heavy atom. The molecule has 1 amide bonds. The number of benzene rings is 3. The van der Waals surface area contributed by atoms with Crippen LogP contribution in [-0.2, 0) is 24.8 Å². The highest BCUT2D eigenvalue weighted by molar-refractivity contribution is 9.10. The number of aryl methyl sites for hydroxylation is 1. The molecule has 0 spiro atoms. The summed E-state index contributed by atoms with van der Waals surface area (Å²) in [7, 11) is -7.57. The second-order valence-electron chi connectivity index (χ2n) is 7.70. The topological polar surface area (TPSA) is 113 Å². The van der Waals surface area contributed by atoms with Crippen molar-refractivity contribution in [2.24, 2.45) is 0 Å². The van der Waals surface area contributed by atoms with Gasteiger partial charge in [0.05, 0.1) is 16.8 Å². The van der Waals surface area contributed by atoms with Crippen LogP contribution >= 0.6 is 15.9 Å². The zero-order valence-electron chi connectivity index (χ0n) is 18.7. The van der Waals surface area contributed by atoms with Crippen LogP contribution in [0.25, 0.3) is 0 Å². The molecule has 11 heteroatoms. The van der Waals surface area contributed by atoms with Gasteiger partial charge in [0.25, 0.3) is 10.0 Å². The van der Waals surface area contributed by atoms with Crippen molar-refractivity contribution in [2.75, 3.05) is 20.6 Å². The SMILES string of the molecule is Cc1ccc(N([C@H](C)C(=O)Nc2ccc(S(=O)(=O)Nc3ccc(Br)cc3)cc2)S(C)(=O)=O)cc1. The maximum Gasteiger partial charge on any atom is 0.261 e. The first-order chi connectivity index (χ1) is 15.9. The predicted molar refractivity (Wildman–Crippen MR) is 138 cm³/mol. The standard InChI is InChI=1S/C23H24BrN3O5S2/c1-16-4-12-21(13-5-16)27(33(3,29)30)17(2)23(28)25-19-10-14-22(15-11-19)34(31,32)26-20-8-6-18(24)7-9-20/h4-15,17,26H,1-3H3,(H,25,28)/t17-/m1/s1. The molecule has 0 heterocycles. The first kappa shape index (κ1) is 25.7. The van der Waals surface area contributed by atoms with E-state index in [1.165, 1.54) is 31.2 Å². The molecule has 0 fully saturated rings. The Balaban J connectivity index is 1.75. The van der Waals surface area contributed by atoms with E-state index < -0.39 is 32.0 Å². The lowest BCUT2D eigenvalue weighted by Crippen LogP contribution is -2.45. The number of nitrogens with zero attached hydrogens (tertiary/aromatic N) is 1. The minimum atomic E-state index is -3.83. The van der Waals surface area contributed by atoms with Crippen molar-refractivity contribution in [1.82, 2.24) is 0 Å². The van der Waals surface area contributed by atoms with E-state index in [1.807, 2.05) is 6.92 Å². The molecule has 3 aromatic carbocycles. The largest absolute Gasteiger partial charge is 0.324 e. The summed E-state index contributed by atoms with van der Waals surface area (Å²) < 4.78 is 54.4. The van der Waals surface area contributed by atoms with Crippen molar-refractivity contribution in [3.05, 3.63) is 82.8 Å². The number of anilines is 3. The van der Waals surface area contributed by atoms with E-state index in [4.69, 9.17) is 0 Å².